The Morgan fingerprint density at radius 3 is 2.49 bits per heavy atom. The Balaban J connectivity index is 1.53. The van der Waals surface area contributed by atoms with Crippen LogP contribution in [0.15, 0.2) is 72.8 Å². The number of unbranched alkanes of at least 4 members (excludes halogenated alkanes) is 1. The van der Waals surface area contributed by atoms with Gasteiger partial charge in [0.1, 0.15) is 11.8 Å². The van der Waals surface area contributed by atoms with E-state index in [0.29, 0.717) is 32.1 Å². The zero-order chi connectivity index (χ0) is 27.0. The van der Waals surface area contributed by atoms with Gasteiger partial charge in [0.25, 0.3) is 0 Å². The predicted molar refractivity (Wildman–Crippen MR) is 150 cm³/mol. The highest BCUT2D eigenvalue weighted by atomic mass is 16.7. The Kier molecular flexibility index (Phi) is 8.45. The number of rotatable bonds is 12. The third-order valence-corrected chi connectivity index (χ3v) is 6.79. The Hall–Kier alpha value is -4.28. The van der Waals surface area contributed by atoms with Gasteiger partial charge in [0.05, 0.1) is 18.0 Å². The zero-order valence-corrected chi connectivity index (χ0v) is 22.6. The molecule has 0 unspecified atom stereocenters. The van der Waals surface area contributed by atoms with Crippen molar-refractivity contribution in [1.82, 2.24) is 14.5 Å². The highest BCUT2D eigenvalue weighted by molar-refractivity contribution is 5.63. The van der Waals surface area contributed by atoms with Crippen molar-refractivity contribution < 1.29 is 14.2 Å². The quantitative estimate of drug-likeness (QED) is 0.210. The van der Waals surface area contributed by atoms with Crippen LogP contribution in [0.1, 0.15) is 49.3 Å². The highest BCUT2D eigenvalue weighted by Crippen LogP contribution is 2.34. The van der Waals surface area contributed by atoms with E-state index >= 15 is 0 Å². The van der Waals surface area contributed by atoms with E-state index in [4.69, 9.17) is 19.2 Å². The van der Waals surface area contributed by atoms with Crippen molar-refractivity contribution in [3.63, 3.8) is 0 Å². The van der Waals surface area contributed by atoms with Crippen LogP contribution in [0.5, 0.6) is 17.2 Å². The summed E-state index contributed by atoms with van der Waals surface area (Å²) in [6.07, 6.45) is 2.01. The van der Waals surface area contributed by atoms with Gasteiger partial charge in [-0.2, -0.15) is 5.26 Å². The summed E-state index contributed by atoms with van der Waals surface area (Å²) < 4.78 is 19.1. The number of aromatic nitrogens is 2. The van der Waals surface area contributed by atoms with Crippen LogP contribution >= 0.6 is 0 Å². The van der Waals surface area contributed by atoms with E-state index in [9.17, 15) is 5.26 Å². The fourth-order valence-corrected chi connectivity index (χ4v) is 4.95. The molecule has 2 heterocycles. The summed E-state index contributed by atoms with van der Waals surface area (Å²) in [7, 11) is 0. The number of nitriles is 1. The lowest BCUT2D eigenvalue weighted by molar-refractivity contribution is 0.174. The van der Waals surface area contributed by atoms with Crippen LogP contribution in [0.3, 0.4) is 0 Å². The lowest BCUT2D eigenvalue weighted by Gasteiger charge is -2.24. The van der Waals surface area contributed by atoms with Gasteiger partial charge >= 0.3 is 0 Å². The van der Waals surface area contributed by atoms with Gasteiger partial charge in [-0.1, -0.05) is 61.9 Å². The number of hydrogen-bond donors (Lipinski definition) is 0. The summed E-state index contributed by atoms with van der Waals surface area (Å²) in [6, 6.07) is 26.9. The molecule has 39 heavy (non-hydrogen) atoms. The van der Waals surface area contributed by atoms with Crippen LogP contribution in [-0.2, 0) is 26.2 Å². The number of benzene rings is 3. The van der Waals surface area contributed by atoms with Gasteiger partial charge in [0.2, 0.25) is 12.6 Å². The summed E-state index contributed by atoms with van der Waals surface area (Å²) >= 11 is 0. The van der Waals surface area contributed by atoms with Crippen molar-refractivity contribution in [2.24, 2.45) is 0 Å². The minimum Gasteiger partial charge on any atom is -0.494 e. The molecule has 5 rings (SSSR count). The molecule has 0 atom stereocenters. The Morgan fingerprint density at radius 2 is 1.72 bits per heavy atom. The summed E-state index contributed by atoms with van der Waals surface area (Å²) in [4.78, 5) is 7.21. The van der Waals surface area contributed by atoms with E-state index in [1.165, 1.54) is 0 Å². The van der Waals surface area contributed by atoms with Crippen molar-refractivity contribution in [2.75, 3.05) is 13.4 Å². The fraction of sp³-hybridized carbons (Fsp3) is 0.312. The molecule has 4 aromatic rings. The first-order valence-electron chi connectivity index (χ1n) is 13.6. The van der Waals surface area contributed by atoms with Crippen LogP contribution in [0.25, 0.3) is 11.3 Å². The molecule has 0 amide bonds. The molecule has 0 saturated heterocycles. The molecular formula is C32H34N4O3. The van der Waals surface area contributed by atoms with E-state index in [-0.39, 0.29) is 6.79 Å². The average molecular weight is 523 g/mol. The van der Waals surface area contributed by atoms with Gasteiger partial charge in [-0.15, -0.1) is 0 Å². The molecule has 1 aromatic heterocycles. The number of nitrogens with zero attached hydrogens (tertiary/aromatic N) is 4. The zero-order valence-electron chi connectivity index (χ0n) is 22.6. The van der Waals surface area contributed by atoms with Gasteiger partial charge < -0.3 is 18.8 Å². The Labute approximate surface area is 230 Å². The van der Waals surface area contributed by atoms with Crippen molar-refractivity contribution in [1.29, 1.82) is 5.26 Å². The fourth-order valence-electron chi connectivity index (χ4n) is 4.95. The van der Waals surface area contributed by atoms with E-state index in [2.05, 4.69) is 58.9 Å². The van der Waals surface area contributed by atoms with Crippen LogP contribution < -0.4 is 14.2 Å². The van der Waals surface area contributed by atoms with Gasteiger partial charge in [0.15, 0.2) is 11.5 Å². The third-order valence-electron chi connectivity index (χ3n) is 6.79. The summed E-state index contributed by atoms with van der Waals surface area (Å²) in [5.41, 5.74) is 5.21. The van der Waals surface area contributed by atoms with Crippen LogP contribution in [0, 0.1) is 11.3 Å². The first-order chi connectivity index (χ1) is 19.2. The van der Waals surface area contributed by atoms with Crippen molar-refractivity contribution in [3.05, 3.63) is 95.4 Å². The number of imidazole rings is 1. The maximum atomic E-state index is 9.99. The summed E-state index contributed by atoms with van der Waals surface area (Å²) in [6.45, 7) is 7.79. The SMILES string of the molecule is CCCCn1c(C#N)nc(-c2ccccc2)c1CN(Cc1cccc(OCC)c1)Cc1ccc2c(c1)OCO2. The molecule has 0 spiro atoms. The first-order valence-corrected chi connectivity index (χ1v) is 13.6. The van der Waals surface area contributed by atoms with Crippen molar-refractivity contribution in [2.45, 2.75) is 52.9 Å². The number of ether oxygens (including phenoxy) is 3. The van der Waals surface area contributed by atoms with Gasteiger partial charge in [-0.3, -0.25) is 4.90 Å². The van der Waals surface area contributed by atoms with Crippen LogP contribution in [0.2, 0.25) is 0 Å². The highest BCUT2D eigenvalue weighted by Gasteiger charge is 2.22. The molecule has 7 nitrogen and oxygen atoms in total. The maximum Gasteiger partial charge on any atom is 0.231 e. The van der Waals surface area contributed by atoms with Crippen LogP contribution in [0.4, 0.5) is 0 Å². The largest absolute Gasteiger partial charge is 0.494 e. The molecule has 0 fully saturated rings. The second-order valence-corrected chi connectivity index (χ2v) is 9.63. The minimum absolute atomic E-state index is 0.251. The van der Waals surface area contributed by atoms with E-state index < -0.39 is 0 Å². The monoisotopic (exact) mass is 522 g/mol. The lowest BCUT2D eigenvalue weighted by Crippen LogP contribution is -2.24. The Morgan fingerprint density at radius 1 is 0.923 bits per heavy atom. The third kappa shape index (κ3) is 6.24. The molecule has 0 aliphatic carbocycles. The second-order valence-electron chi connectivity index (χ2n) is 9.63. The molecule has 0 saturated carbocycles. The standard InChI is InChI=1S/C32H34N4O3/c1-3-5-16-36-28(32(34-31(36)19-33)26-11-7-6-8-12-26)22-35(20-24-10-9-13-27(17-24)37-4-2)21-25-14-15-29-30(18-25)39-23-38-29/h6-15,17-18H,3-5,16,20-23H2,1-2H3. The summed E-state index contributed by atoms with van der Waals surface area (Å²) in [5.74, 6) is 2.87. The average Bonchev–Trinajstić information content (AvgIpc) is 3.57. The smallest absolute Gasteiger partial charge is 0.231 e. The number of fused-ring (bicyclic) bond motifs is 1. The van der Waals surface area contributed by atoms with E-state index in [0.717, 1.165) is 64.7 Å². The molecule has 1 aliphatic rings. The molecule has 200 valence electrons. The molecular weight excluding hydrogens is 488 g/mol. The molecule has 0 bridgehead atoms. The van der Waals surface area contributed by atoms with E-state index in [1.807, 2.05) is 43.3 Å². The van der Waals surface area contributed by atoms with Crippen molar-refractivity contribution >= 4 is 0 Å². The normalized spacial score (nSPS) is 12.1. The molecule has 3 aromatic carbocycles. The number of hydrogen-bond acceptors (Lipinski definition) is 6. The van der Waals surface area contributed by atoms with Crippen LogP contribution in [-0.4, -0.2) is 27.9 Å². The van der Waals surface area contributed by atoms with Gasteiger partial charge in [-0.05, 0) is 48.7 Å². The molecule has 7 heteroatoms. The summed E-state index contributed by atoms with van der Waals surface area (Å²) in [5, 5.41) is 9.99. The van der Waals surface area contributed by atoms with Gasteiger partial charge in [0, 0.05) is 31.7 Å². The molecule has 1 aliphatic heterocycles. The van der Waals surface area contributed by atoms with E-state index in [1.54, 1.807) is 0 Å². The maximum absolute atomic E-state index is 9.99. The Bertz CT molecular complexity index is 1440. The first kappa shape index (κ1) is 26.3. The molecule has 0 radical (unpaired) electrons. The molecule has 0 N–H and O–H groups in total. The van der Waals surface area contributed by atoms with Crippen molar-refractivity contribution in [3.8, 4) is 34.6 Å². The lowest BCUT2D eigenvalue weighted by atomic mass is 10.1. The predicted octanol–water partition coefficient (Wildman–Crippen LogP) is 6.55. The minimum atomic E-state index is 0.251. The topological polar surface area (TPSA) is 72.5 Å². The second kappa shape index (κ2) is 12.5. The van der Waals surface area contributed by atoms with Gasteiger partial charge in [-0.25, -0.2) is 4.98 Å².